The molecule has 2 rings (SSSR count). The minimum absolute atomic E-state index is 0.245. The second-order valence-electron chi connectivity index (χ2n) is 4.71. The van der Waals surface area contributed by atoms with Gasteiger partial charge in [0.1, 0.15) is 11.5 Å². The van der Waals surface area contributed by atoms with E-state index in [0.717, 1.165) is 17.1 Å². The van der Waals surface area contributed by atoms with E-state index in [9.17, 15) is 0 Å². The van der Waals surface area contributed by atoms with E-state index < -0.39 is 0 Å². The number of ether oxygens (including phenoxy) is 1. The minimum atomic E-state index is -0.245. The lowest BCUT2D eigenvalue weighted by Crippen LogP contribution is -2.13. The number of rotatable bonds is 3. The highest BCUT2D eigenvalue weighted by molar-refractivity contribution is 5.38. The van der Waals surface area contributed by atoms with Crippen molar-refractivity contribution in [1.29, 1.82) is 0 Å². The van der Waals surface area contributed by atoms with Crippen LogP contribution in [-0.4, -0.2) is 0 Å². The fraction of sp³-hybridized carbons (Fsp3) is 0.176. The van der Waals surface area contributed by atoms with Gasteiger partial charge in [0.25, 0.3) is 0 Å². The topological polar surface area (TPSA) is 9.23 Å². The molecule has 2 aromatic carbocycles. The maximum atomic E-state index is 5.73. The summed E-state index contributed by atoms with van der Waals surface area (Å²) in [5, 5.41) is 0. The predicted molar refractivity (Wildman–Crippen MR) is 74.8 cm³/mol. The standard InChI is InChI=1S/C17H16O/c1-4-17(2,3)14-10-12-16(13-11-14)18-15-8-6-5-7-9-15/h1,5-13H,2-3H3. The fourth-order valence-corrected chi connectivity index (χ4v) is 1.65. The molecule has 0 fully saturated rings. The third-order valence-electron chi connectivity index (χ3n) is 2.92. The Kier molecular flexibility index (Phi) is 3.39. The molecule has 0 saturated heterocycles. The smallest absolute Gasteiger partial charge is 0.127 e. The lowest BCUT2D eigenvalue weighted by molar-refractivity contribution is 0.482. The second kappa shape index (κ2) is 4.98. The zero-order valence-electron chi connectivity index (χ0n) is 10.7. The molecule has 0 aliphatic rings. The van der Waals surface area contributed by atoms with Gasteiger partial charge in [-0.2, -0.15) is 0 Å². The van der Waals surface area contributed by atoms with E-state index in [4.69, 9.17) is 11.2 Å². The summed E-state index contributed by atoms with van der Waals surface area (Å²) in [6, 6.07) is 17.6. The summed E-state index contributed by atoms with van der Waals surface area (Å²) < 4.78 is 5.73. The molecule has 2 aromatic rings. The highest BCUT2D eigenvalue weighted by atomic mass is 16.5. The molecule has 0 atom stereocenters. The molecule has 0 N–H and O–H groups in total. The Morgan fingerprint density at radius 2 is 1.44 bits per heavy atom. The summed E-state index contributed by atoms with van der Waals surface area (Å²) in [5.41, 5.74) is 0.871. The van der Waals surface area contributed by atoms with Gasteiger partial charge in [0.05, 0.1) is 5.41 Å². The van der Waals surface area contributed by atoms with Crippen LogP contribution in [0.4, 0.5) is 0 Å². The van der Waals surface area contributed by atoms with Crippen molar-refractivity contribution in [1.82, 2.24) is 0 Å². The highest BCUT2D eigenvalue weighted by Gasteiger charge is 2.16. The molecule has 0 radical (unpaired) electrons. The Bertz CT molecular complexity index is 544. The van der Waals surface area contributed by atoms with Crippen molar-refractivity contribution in [2.75, 3.05) is 0 Å². The number of hydrogen-bond donors (Lipinski definition) is 0. The summed E-state index contributed by atoms with van der Waals surface area (Å²) in [4.78, 5) is 0. The van der Waals surface area contributed by atoms with Crippen LogP contribution < -0.4 is 4.74 Å². The first kappa shape index (κ1) is 12.3. The number of para-hydroxylation sites is 1. The van der Waals surface area contributed by atoms with Crippen LogP contribution in [0.2, 0.25) is 0 Å². The van der Waals surface area contributed by atoms with Crippen molar-refractivity contribution in [2.45, 2.75) is 19.3 Å². The molecule has 0 heterocycles. The summed E-state index contributed by atoms with van der Waals surface area (Å²) in [6.45, 7) is 4.06. The van der Waals surface area contributed by atoms with Crippen molar-refractivity contribution < 1.29 is 4.74 Å². The zero-order valence-corrected chi connectivity index (χ0v) is 10.7. The van der Waals surface area contributed by atoms with Gasteiger partial charge in [-0.1, -0.05) is 36.3 Å². The maximum Gasteiger partial charge on any atom is 0.127 e. The monoisotopic (exact) mass is 236 g/mol. The van der Waals surface area contributed by atoms with Crippen LogP contribution in [0.5, 0.6) is 11.5 Å². The molecule has 0 amide bonds. The summed E-state index contributed by atoms with van der Waals surface area (Å²) in [5.74, 6) is 4.44. The van der Waals surface area contributed by atoms with Crippen LogP contribution in [0.1, 0.15) is 19.4 Å². The van der Waals surface area contributed by atoms with Crippen LogP contribution in [-0.2, 0) is 5.41 Å². The average Bonchev–Trinajstić information content (AvgIpc) is 2.40. The first-order chi connectivity index (χ1) is 8.62. The zero-order chi connectivity index (χ0) is 13.0. The van der Waals surface area contributed by atoms with Crippen LogP contribution >= 0.6 is 0 Å². The van der Waals surface area contributed by atoms with Crippen LogP contribution in [0, 0.1) is 12.3 Å². The van der Waals surface area contributed by atoms with Gasteiger partial charge in [0, 0.05) is 0 Å². The van der Waals surface area contributed by atoms with Gasteiger partial charge in [-0.15, -0.1) is 6.42 Å². The molecule has 18 heavy (non-hydrogen) atoms. The molecule has 0 spiro atoms. The average molecular weight is 236 g/mol. The lowest BCUT2D eigenvalue weighted by Gasteiger charge is -2.18. The number of terminal acetylenes is 1. The van der Waals surface area contributed by atoms with Gasteiger partial charge in [-0.25, -0.2) is 0 Å². The van der Waals surface area contributed by atoms with E-state index in [-0.39, 0.29) is 5.41 Å². The summed E-state index contributed by atoms with van der Waals surface area (Å²) in [6.07, 6.45) is 5.52. The van der Waals surface area contributed by atoms with E-state index >= 15 is 0 Å². The number of hydrogen-bond acceptors (Lipinski definition) is 1. The minimum Gasteiger partial charge on any atom is -0.457 e. The van der Waals surface area contributed by atoms with Crippen LogP contribution in [0.3, 0.4) is 0 Å². The van der Waals surface area contributed by atoms with E-state index in [0.29, 0.717) is 0 Å². The lowest BCUT2D eigenvalue weighted by atomic mass is 9.86. The summed E-state index contributed by atoms with van der Waals surface area (Å²) in [7, 11) is 0. The van der Waals surface area contributed by atoms with E-state index in [1.165, 1.54) is 0 Å². The highest BCUT2D eigenvalue weighted by Crippen LogP contribution is 2.26. The molecule has 0 saturated carbocycles. The van der Waals surface area contributed by atoms with Gasteiger partial charge in [-0.3, -0.25) is 0 Å². The van der Waals surface area contributed by atoms with E-state index in [1.807, 2.05) is 68.4 Å². The molecule has 90 valence electrons. The normalized spacial score (nSPS) is 10.7. The Hall–Kier alpha value is -2.20. The second-order valence-corrected chi connectivity index (χ2v) is 4.71. The predicted octanol–water partition coefficient (Wildman–Crippen LogP) is 4.39. The molecule has 1 nitrogen and oxygen atoms in total. The SMILES string of the molecule is C#CC(C)(C)c1ccc(Oc2ccccc2)cc1. The Labute approximate surface area is 108 Å². The molecule has 0 unspecified atom stereocenters. The van der Waals surface area contributed by atoms with Gasteiger partial charge >= 0.3 is 0 Å². The van der Waals surface area contributed by atoms with E-state index in [1.54, 1.807) is 0 Å². The molecular weight excluding hydrogens is 220 g/mol. The van der Waals surface area contributed by atoms with Crippen molar-refractivity contribution in [3.63, 3.8) is 0 Å². The van der Waals surface area contributed by atoms with Crippen molar-refractivity contribution in [2.24, 2.45) is 0 Å². The largest absolute Gasteiger partial charge is 0.457 e. The Balaban J connectivity index is 2.17. The number of benzene rings is 2. The van der Waals surface area contributed by atoms with E-state index in [2.05, 4.69) is 5.92 Å². The Morgan fingerprint density at radius 1 is 0.889 bits per heavy atom. The first-order valence-corrected chi connectivity index (χ1v) is 5.93. The molecule has 0 aliphatic heterocycles. The maximum absolute atomic E-state index is 5.73. The van der Waals surface area contributed by atoms with Gasteiger partial charge in [0.2, 0.25) is 0 Å². The molecular formula is C17H16O. The van der Waals surface area contributed by atoms with Crippen LogP contribution in [0.15, 0.2) is 54.6 Å². The summed E-state index contributed by atoms with van der Waals surface area (Å²) >= 11 is 0. The van der Waals surface area contributed by atoms with Crippen molar-refractivity contribution >= 4 is 0 Å². The first-order valence-electron chi connectivity index (χ1n) is 5.93. The fourth-order valence-electron chi connectivity index (χ4n) is 1.65. The molecule has 1 heteroatoms. The van der Waals surface area contributed by atoms with Crippen LogP contribution in [0.25, 0.3) is 0 Å². The molecule has 0 bridgehead atoms. The molecule has 0 aromatic heterocycles. The quantitative estimate of drug-likeness (QED) is 0.718. The van der Waals surface area contributed by atoms with Gasteiger partial charge in [0.15, 0.2) is 0 Å². The molecule has 0 aliphatic carbocycles. The Morgan fingerprint density at radius 3 is 2.00 bits per heavy atom. The third-order valence-corrected chi connectivity index (χ3v) is 2.92. The van der Waals surface area contributed by atoms with Gasteiger partial charge in [-0.05, 0) is 43.7 Å². The van der Waals surface area contributed by atoms with Gasteiger partial charge < -0.3 is 4.74 Å². The van der Waals surface area contributed by atoms with Crippen molar-refractivity contribution in [3.8, 4) is 23.8 Å². The van der Waals surface area contributed by atoms with Crippen molar-refractivity contribution in [3.05, 3.63) is 60.2 Å². The third kappa shape index (κ3) is 2.73.